The largest absolute Gasteiger partial charge is 0.480 e. The van der Waals surface area contributed by atoms with Crippen molar-refractivity contribution in [1.82, 2.24) is 15.0 Å². The average Bonchev–Trinajstić information content (AvgIpc) is 3.19. The standard InChI is InChI=1S/C25H29N3O4S/c1-24(2,3)19-10-6-17(7-11-19)14-28-15-20(26-27-28)16-32-22(29)18-8-12-21(13-9-18)33-25(4,5)23(30)31/h6-13,15H,14,16H2,1-5H3,(H,30,31). The predicted octanol–water partition coefficient (Wildman–Crippen LogP) is 4.94. The van der Waals surface area contributed by atoms with Gasteiger partial charge in [-0.1, -0.05) is 50.3 Å². The Balaban J connectivity index is 1.53. The molecule has 0 saturated heterocycles. The van der Waals surface area contributed by atoms with Crippen LogP contribution in [-0.4, -0.2) is 36.8 Å². The molecule has 1 heterocycles. The molecule has 0 spiro atoms. The molecule has 7 nitrogen and oxygen atoms in total. The van der Waals surface area contributed by atoms with Gasteiger partial charge in [0, 0.05) is 4.90 Å². The number of ether oxygens (including phenoxy) is 1. The van der Waals surface area contributed by atoms with Crippen LogP contribution < -0.4 is 0 Å². The minimum atomic E-state index is -0.956. The van der Waals surface area contributed by atoms with E-state index in [-0.39, 0.29) is 12.0 Å². The van der Waals surface area contributed by atoms with Crippen LogP contribution in [0.5, 0.6) is 0 Å². The Morgan fingerprint density at radius 1 is 1.00 bits per heavy atom. The number of esters is 1. The van der Waals surface area contributed by atoms with Crippen LogP contribution in [0.25, 0.3) is 0 Å². The van der Waals surface area contributed by atoms with Crippen molar-refractivity contribution < 1.29 is 19.4 Å². The SMILES string of the molecule is CC(C)(Sc1ccc(C(=O)OCc2cn(Cc3ccc(C(C)(C)C)cc3)nn2)cc1)C(=O)O. The zero-order valence-corrected chi connectivity index (χ0v) is 20.3. The molecule has 2 aromatic carbocycles. The van der Waals surface area contributed by atoms with Gasteiger partial charge in [-0.05, 0) is 54.7 Å². The molecule has 0 atom stereocenters. The molecule has 0 aliphatic heterocycles. The lowest BCUT2D eigenvalue weighted by molar-refractivity contribution is -0.138. The van der Waals surface area contributed by atoms with E-state index >= 15 is 0 Å². The fourth-order valence-corrected chi connectivity index (χ4v) is 3.95. The summed E-state index contributed by atoms with van der Waals surface area (Å²) in [6, 6.07) is 15.1. The zero-order chi connectivity index (χ0) is 24.2. The molecule has 3 aromatic rings. The number of benzene rings is 2. The molecule has 3 rings (SSSR count). The van der Waals surface area contributed by atoms with Gasteiger partial charge < -0.3 is 9.84 Å². The molecule has 0 bridgehead atoms. The van der Waals surface area contributed by atoms with Crippen molar-refractivity contribution in [3.05, 3.63) is 77.1 Å². The van der Waals surface area contributed by atoms with Crippen LogP contribution in [0.4, 0.5) is 0 Å². The number of aromatic nitrogens is 3. The van der Waals surface area contributed by atoms with Crippen molar-refractivity contribution in [2.45, 2.75) is 62.8 Å². The van der Waals surface area contributed by atoms with E-state index in [2.05, 4.69) is 55.3 Å². The number of thioether (sulfide) groups is 1. The third-order valence-electron chi connectivity index (χ3n) is 5.08. The number of carboxylic acid groups (broad SMARTS) is 1. The second-order valence-electron chi connectivity index (χ2n) is 9.37. The lowest BCUT2D eigenvalue weighted by Gasteiger charge is -2.19. The lowest BCUT2D eigenvalue weighted by Crippen LogP contribution is -2.26. The van der Waals surface area contributed by atoms with Crippen LogP contribution in [0, 0.1) is 0 Å². The summed E-state index contributed by atoms with van der Waals surface area (Å²) in [6.07, 6.45) is 1.76. The van der Waals surface area contributed by atoms with Crippen molar-refractivity contribution >= 4 is 23.7 Å². The van der Waals surface area contributed by atoms with Crippen molar-refractivity contribution in [1.29, 1.82) is 0 Å². The number of carbonyl (C=O) groups excluding carboxylic acids is 1. The van der Waals surface area contributed by atoms with Crippen molar-refractivity contribution in [2.24, 2.45) is 0 Å². The van der Waals surface area contributed by atoms with Gasteiger partial charge in [-0.25, -0.2) is 9.48 Å². The number of aliphatic carboxylic acids is 1. The highest BCUT2D eigenvalue weighted by Gasteiger charge is 2.28. The number of nitrogens with zero attached hydrogens (tertiary/aromatic N) is 3. The fraction of sp³-hybridized carbons (Fsp3) is 0.360. The number of rotatable bonds is 8. The molecule has 0 saturated carbocycles. The maximum absolute atomic E-state index is 12.4. The van der Waals surface area contributed by atoms with Crippen LogP contribution >= 0.6 is 11.8 Å². The number of hydrogen-bond acceptors (Lipinski definition) is 6. The molecular formula is C25H29N3O4S. The highest BCUT2D eigenvalue weighted by molar-refractivity contribution is 8.01. The number of carbonyl (C=O) groups is 2. The van der Waals surface area contributed by atoms with Gasteiger partial charge >= 0.3 is 11.9 Å². The molecule has 174 valence electrons. The Bertz CT molecular complexity index is 1110. The summed E-state index contributed by atoms with van der Waals surface area (Å²) in [5, 5.41) is 17.4. The van der Waals surface area contributed by atoms with E-state index < -0.39 is 16.7 Å². The van der Waals surface area contributed by atoms with E-state index in [0.29, 0.717) is 17.8 Å². The monoisotopic (exact) mass is 467 g/mol. The Labute approximate surface area is 198 Å². The van der Waals surface area contributed by atoms with Gasteiger partial charge in [0.25, 0.3) is 0 Å². The molecule has 0 radical (unpaired) electrons. The minimum Gasteiger partial charge on any atom is -0.480 e. The second-order valence-corrected chi connectivity index (χ2v) is 11.1. The smallest absolute Gasteiger partial charge is 0.338 e. The minimum absolute atomic E-state index is 0.0182. The molecule has 0 unspecified atom stereocenters. The number of hydrogen-bond donors (Lipinski definition) is 1. The van der Waals surface area contributed by atoms with E-state index in [4.69, 9.17) is 4.74 Å². The van der Waals surface area contributed by atoms with E-state index in [1.54, 1.807) is 49.0 Å². The molecule has 0 aliphatic rings. The molecule has 0 aliphatic carbocycles. The fourth-order valence-electron chi connectivity index (χ4n) is 3.00. The average molecular weight is 468 g/mol. The van der Waals surface area contributed by atoms with E-state index in [1.807, 2.05) is 0 Å². The zero-order valence-electron chi connectivity index (χ0n) is 19.5. The van der Waals surface area contributed by atoms with Crippen LogP contribution in [0.3, 0.4) is 0 Å². The van der Waals surface area contributed by atoms with Crippen molar-refractivity contribution in [3.63, 3.8) is 0 Å². The predicted molar refractivity (Wildman–Crippen MR) is 127 cm³/mol. The van der Waals surface area contributed by atoms with Gasteiger partial charge in [0.15, 0.2) is 0 Å². The second kappa shape index (κ2) is 9.79. The Morgan fingerprint density at radius 2 is 1.64 bits per heavy atom. The molecule has 0 amide bonds. The summed E-state index contributed by atoms with van der Waals surface area (Å²) < 4.78 is 6.11. The first-order valence-corrected chi connectivity index (χ1v) is 11.4. The van der Waals surface area contributed by atoms with E-state index in [9.17, 15) is 14.7 Å². The summed E-state index contributed by atoms with van der Waals surface area (Å²) in [4.78, 5) is 24.4. The Morgan fingerprint density at radius 3 is 2.21 bits per heavy atom. The van der Waals surface area contributed by atoms with Gasteiger partial charge in [-0.15, -0.1) is 16.9 Å². The molecule has 8 heteroatoms. The summed E-state index contributed by atoms with van der Waals surface area (Å²) in [6.45, 7) is 10.4. The van der Waals surface area contributed by atoms with Crippen LogP contribution in [0.2, 0.25) is 0 Å². The lowest BCUT2D eigenvalue weighted by atomic mass is 9.87. The summed E-state index contributed by atoms with van der Waals surface area (Å²) >= 11 is 1.22. The van der Waals surface area contributed by atoms with Crippen molar-refractivity contribution in [3.8, 4) is 0 Å². The normalized spacial score (nSPS) is 11.9. The molecule has 1 N–H and O–H groups in total. The first kappa shape index (κ1) is 24.5. The third kappa shape index (κ3) is 6.68. The first-order valence-electron chi connectivity index (χ1n) is 10.6. The molecule has 1 aromatic heterocycles. The maximum Gasteiger partial charge on any atom is 0.338 e. The quantitative estimate of drug-likeness (QED) is 0.370. The van der Waals surface area contributed by atoms with Gasteiger partial charge in [0.1, 0.15) is 17.0 Å². The topological polar surface area (TPSA) is 94.3 Å². The van der Waals surface area contributed by atoms with Crippen LogP contribution in [0.15, 0.2) is 59.6 Å². The third-order valence-corrected chi connectivity index (χ3v) is 6.27. The Hall–Kier alpha value is -3.13. The van der Waals surface area contributed by atoms with Crippen molar-refractivity contribution in [2.75, 3.05) is 0 Å². The van der Waals surface area contributed by atoms with E-state index in [1.165, 1.54) is 17.3 Å². The summed E-state index contributed by atoms with van der Waals surface area (Å²) in [5.74, 6) is -1.37. The van der Waals surface area contributed by atoms with Gasteiger partial charge in [0.2, 0.25) is 0 Å². The van der Waals surface area contributed by atoms with Gasteiger partial charge in [-0.2, -0.15) is 0 Å². The number of carboxylic acids is 1. The molecule has 33 heavy (non-hydrogen) atoms. The Kier molecular flexibility index (Phi) is 7.27. The summed E-state index contributed by atoms with van der Waals surface area (Å²) in [5.41, 5.74) is 3.44. The van der Waals surface area contributed by atoms with Crippen LogP contribution in [0.1, 0.15) is 61.8 Å². The first-order chi connectivity index (χ1) is 15.4. The van der Waals surface area contributed by atoms with Gasteiger partial charge in [-0.3, -0.25) is 4.79 Å². The maximum atomic E-state index is 12.4. The van der Waals surface area contributed by atoms with Crippen LogP contribution in [-0.2, 0) is 28.1 Å². The molecular weight excluding hydrogens is 438 g/mol. The van der Waals surface area contributed by atoms with E-state index in [0.717, 1.165) is 10.5 Å². The van der Waals surface area contributed by atoms with Gasteiger partial charge in [0.05, 0.1) is 18.3 Å². The molecule has 0 fully saturated rings. The highest BCUT2D eigenvalue weighted by Crippen LogP contribution is 2.32. The highest BCUT2D eigenvalue weighted by atomic mass is 32.2. The summed E-state index contributed by atoms with van der Waals surface area (Å²) in [7, 11) is 0.